The summed E-state index contributed by atoms with van der Waals surface area (Å²) in [5, 5.41) is 12.8. The van der Waals surface area contributed by atoms with Gasteiger partial charge in [0.15, 0.2) is 5.75 Å². The van der Waals surface area contributed by atoms with Crippen LogP contribution in [0.2, 0.25) is 10.0 Å². The van der Waals surface area contributed by atoms with Gasteiger partial charge in [-0.05, 0) is 38.0 Å². The van der Waals surface area contributed by atoms with Gasteiger partial charge in [0.25, 0.3) is 11.1 Å². The summed E-state index contributed by atoms with van der Waals surface area (Å²) in [5.74, 6) is 0.516. The van der Waals surface area contributed by atoms with Crippen LogP contribution >= 0.6 is 23.2 Å². The Morgan fingerprint density at radius 2 is 1.87 bits per heavy atom. The number of aryl methyl sites for hydroxylation is 1. The Kier molecular flexibility index (Phi) is 4.97. The van der Waals surface area contributed by atoms with E-state index in [1.165, 1.54) is 12.1 Å². The van der Waals surface area contributed by atoms with Crippen LogP contribution in [0.3, 0.4) is 0 Å². The van der Waals surface area contributed by atoms with Crippen molar-refractivity contribution in [3.8, 4) is 23.3 Å². The van der Waals surface area contributed by atoms with E-state index in [0.29, 0.717) is 11.3 Å². The fourth-order valence-electron chi connectivity index (χ4n) is 2.92. The number of pyridine rings is 1. The van der Waals surface area contributed by atoms with Gasteiger partial charge in [-0.3, -0.25) is 14.6 Å². The van der Waals surface area contributed by atoms with Gasteiger partial charge in [-0.15, -0.1) is 5.10 Å². The van der Waals surface area contributed by atoms with E-state index in [-0.39, 0.29) is 33.1 Å². The molecule has 1 aromatic carbocycles. The Morgan fingerprint density at radius 3 is 2.47 bits per heavy atom. The van der Waals surface area contributed by atoms with Crippen molar-refractivity contribution < 1.29 is 4.74 Å². The van der Waals surface area contributed by atoms with Gasteiger partial charge in [-0.2, -0.15) is 9.94 Å². The standard InChI is InChI=1S/C19H13Cl2N5O4/c1-9-4-12(8-25(18(9)28)10-2-3-10)30-16-13(20)5-11(6-14(16)21)26-19(29)23-17(27)15(7-22)24-26/h4-6,8,10H,2-3H2,1H3,(H,23,27,29). The first-order valence-electron chi connectivity index (χ1n) is 8.82. The average molecular weight is 446 g/mol. The van der Waals surface area contributed by atoms with Crippen LogP contribution in [-0.4, -0.2) is 19.3 Å². The Bertz CT molecular complexity index is 1370. The minimum atomic E-state index is -0.892. The summed E-state index contributed by atoms with van der Waals surface area (Å²) in [6.07, 6.45) is 3.48. The summed E-state index contributed by atoms with van der Waals surface area (Å²) >= 11 is 12.6. The van der Waals surface area contributed by atoms with Crippen molar-refractivity contribution in [2.24, 2.45) is 0 Å². The Hall–Kier alpha value is -3.35. The number of ether oxygens (including phenoxy) is 1. The summed E-state index contributed by atoms with van der Waals surface area (Å²) in [6, 6.07) is 6.08. The molecule has 1 saturated carbocycles. The van der Waals surface area contributed by atoms with Crippen molar-refractivity contribution >= 4 is 23.2 Å². The molecule has 9 nitrogen and oxygen atoms in total. The fourth-order valence-corrected chi connectivity index (χ4v) is 3.48. The lowest BCUT2D eigenvalue weighted by molar-refractivity contribution is 0.472. The lowest BCUT2D eigenvalue weighted by Crippen LogP contribution is -2.33. The van der Waals surface area contributed by atoms with Crippen molar-refractivity contribution in [1.29, 1.82) is 5.26 Å². The van der Waals surface area contributed by atoms with Crippen LogP contribution in [-0.2, 0) is 0 Å². The SMILES string of the molecule is Cc1cc(Oc2c(Cl)cc(-n3nc(C#N)c(=O)[nH]c3=O)cc2Cl)cn(C2CC2)c1=O. The molecule has 3 aromatic rings. The lowest BCUT2D eigenvalue weighted by atomic mass is 10.2. The molecule has 2 heterocycles. The molecule has 2 aromatic heterocycles. The van der Waals surface area contributed by atoms with E-state index in [1.54, 1.807) is 29.8 Å². The quantitative estimate of drug-likeness (QED) is 0.658. The molecule has 30 heavy (non-hydrogen) atoms. The molecule has 1 fully saturated rings. The maximum atomic E-state index is 12.3. The number of halogens is 2. The van der Waals surface area contributed by atoms with Gasteiger partial charge in [0.1, 0.15) is 11.8 Å². The van der Waals surface area contributed by atoms with Crippen LogP contribution < -0.4 is 21.5 Å². The number of rotatable bonds is 4. The highest BCUT2D eigenvalue weighted by Gasteiger charge is 2.25. The minimum Gasteiger partial charge on any atom is -0.453 e. The molecule has 0 aliphatic heterocycles. The third-order valence-corrected chi connectivity index (χ3v) is 5.08. The number of aromatic amines is 1. The van der Waals surface area contributed by atoms with Crippen molar-refractivity contribution in [3.63, 3.8) is 0 Å². The van der Waals surface area contributed by atoms with Gasteiger partial charge in [0.2, 0.25) is 5.69 Å². The van der Waals surface area contributed by atoms with E-state index in [2.05, 4.69) is 5.10 Å². The van der Waals surface area contributed by atoms with E-state index >= 15 is 0 Å². The topological polar surface area (TPSA) is 123 Å². The Balaban J connectivity index is 1.75. The van der Waals surface area contributed by atoms with Gasteiger partial charge >= 0.3 is 5.69 Å². The van der Waals surface area contributed by atoms with Crippen molar-refractivity contribution in [2.45, 2.75) is 25.8 Å². The predicted octanol–water partition coefficient (Wildman–Crippen LogP) is 2.70. The molecule has 11 heteroatoms. The zero-order chi connectivity index (χ0) is 21.6. The van der Waals surface area contributed by atoms with Crippen LogP contribution in [0.15, 0.2) is 38.8 Å². The zero-order valence-electron chi connectivity index (χ0n) is 15.5. The first-order valence-corrected chi connectivity index (χ1v) is 9.58. The molecule has 0 radical (unpaired) electrons. The minimum absolute atomic E-state index is 0.0673. The number of hydrogen-bond acceptors (Lipinski definition) is 6. The maximum Gasteiger partial charge on any atom is 0.349 e. The monoisotopic (exact) mass is 445 g/mol. The number of hydrogen-bond donors (Lipinski definition) is 1. The second kappa shape index (κ2) is 7.48. The molecule has 1 aliphatic carbocycles. The largest absolute Gasteiger partial charge is 0.453 e. The molecular formula is C19H13Cl2N5O4. The highest BCUT2D eigenvalue weighted by atomic mass is 35.5. The number of aromatic nitrogens is 4. The maximum absolute atomic E-state index is 12.3. The number of H-pyrrole nitrogens is 1. The number of benzene rings is 1. The average Bonchev–Trinajstić information content (AvgIpc) is 3.52. The van der Waals surface area contributed by atoms with Crippen LogP contribution in [0.5, 0.6) is 11.5 Å². The van der Waals surface area contributed by atoms with Crippen LogP contribution in [0.4, 0.5) is 0 Å². The summed E-state index contributed by atoms with van der Waals surface area (Å²) in [7, 11) is 0. The lowest BCUT2D eigenvalue weighted by Gasteiger charge is -2.14. The first-order chi connectivity index (χ1) is 14.3. The molecular weight excluding hydrogens is 433 g/mol. The molecule has 1 aliphatic rings. The highest BCUT2D eigenvalue weighted by Crippen LogP contribution is 2.39. The molecule has 0 amide bonds. The van der Waals surface area contributed by atoms with Crippen molar-refractivity contribution in [2.75, 3.05) is 0 Å². The van der Waals surface area contributed by atoms with E-state index in [0.717, 1.165) is 17.5 Å². The third-order valence-electron chi connectivity index (χ3n) is 4.52. The number of nitrogens with zero attached hydrogens (tertiary/aromatic N) is 4. The van der Waals surface area contributed by atoms with Gasteiger partial charge in [0.05, 0.1) is 21.9 Å². The second-order valence-corrected chi connectivity index (χ2v) is 7.59. The Morgan fingerprint density at radius 1 is 1.20 bits per heavy atom. The van der Waals surface area contributed by atoms with Gasteiger partial charge < -0.3 is 9.30 Å². The smallest absolute Gasteiger partial charge is 0.349 e. The molecule has 0 bridgehead atoms. The number of nitrogens with one attached hydrogen (secondary N) is 1. The third kappa shape index (κ3) is 3.63. The van der Waals surface area contributed by atoms with E-state index in [9.17, 15) is 14.4 Å². The predicted molar refractivity (Wildman–Crippen MR) is 109 cm³/mol. The second-order valence-electron chi connectivity index (χ2n) is 6.77. The summed E-state index contributed by atoms with van der Waals surface area (Å²) in [6.45, 7) is 1.70. The normalized spacial score (nSPS) is 13.1. The molecule has 0 unspecified atom stereocenters. The summed E-state index contributed by atoms with van der Waals surface area (Å²) in [5.41, 5.74) is -1.65. The molecule has 0 spiro atoms. The molecule has 152 valence electrons. The van der Waals surface area contributed by atoms with Gasteiger partial charge in [-0.25, -0.2) is 4.79 Å². The van der Waals surface area contributed by atoms with E-state index < -0.39 is 16.9 Å². The Labute approximate surface area is 178 Å². The first kappa shape index (κ1) is 19.9. The molecule has 0 saturated heterocycles. The number of nitriles is 1. The van der Waals surface area contributed by atoms with Crippen molar-refractivity contribution in [3.05, 3.63) is 76.9 Å². The molecule has 4 rings (SSSR count). The van der Waals surface area contributed by atoms with Gasteiger partial charge in [-0.1, -0.05) is 23.2 Å². The molecule has 1 N–H and O–H groups in total. The fraction of sp³-hybridized carbons (Fsp3) is 0.211. The molecule has 0 atom stereocenters. The van der Waals surface area contributed by atoms with Crippen LogP contribution in [0.1, 0.15) is 30.1 Å². The van der Waals surface area contributed by atoms with Crippen molar-refractivity contribution in [1.82, 2.24) is 19.3 Å². The summed E-state index contributed by atoms with van der Waals surface area (Å²) < 4.78 is 8.28. The van der Waals surface area contributed by atoms with E-state index in [4.69, 9.17) is 33.2 Å². The van der Waals surface area contributed by atoms with Gasteiger partial charge in [0, 0.05) is 11.6 Å². The van der Waals surface area contributed by atoms with E-state index in [1.807, 2.05) is 4.98 Å². The highest BCUT2D eigenvalue weighted by molar-refractivity contribution is 6.37. The summed E-state index contributed by atoms with van der Waals surface area (Å²) in [4.78, 5) is 37.9. The zero-order valence-corrected chi connectivity index (χ0v) is 17.0. The van der Waals surface area contributed by atoms with Crippen LogP contribution in [0.25, 0.3) is 5.69 Å². The van der Waals surface area contributed by atoms with Crippen LogP contribution in [0, 0.1) is 18.3 Å².